The summed E-state index contributed by atoms with van der Waals surface area (Å²) < 4.78 is 1.96. The Morgan fingerprint density at radius 2 is 2.15 bits per heavy atom. The van der Waals surface area contributed by atoms with Crippen LogP contribution in [-0.4, -0.2) is 14.8 Å². The van der Waals surface area contributed by atoms with E-state index in [1.165, 1.54) is 0 Å². The van der Waals surface area contributed by atoms with Crippen LogP contribution in [0.5, 0.6) is 0 Å². The molecule has 0 aliphatic rings. The Kier molecular flexibility index (Phi) is 1.79. The minimum absolute atomic E-state index is 0.410. The maximum absolute atomic E-state index is 4.45. The van der Waals surface area contributed by atoms with Gasteiger partial charge in [-0.3, -0.25) is 9.67 Å². The molecule has 0 aromatic carbocycles. The van der Waals surface area contributed by atoms with E-state index in [1.807, 2.05) is 30.1 Å². The molecule has 0 radical (unpaired) electrons. The summed E-state index contributed by atoms with van der Waals surface area (Å²) >= 11 is 0. The topological polar surface area (TPSA) is 30.7 Å². The van der Waals surface area contributed by atoms with E-state index < -0.39 is 0 Å². The average molecular weight is 175 g/mol. The van der Waals surface area contributed by atoms with Crippen LogP contribution in [-0.2, 0) is 0 Å². The lowest BCUT2D eigenvalue weighted by atomic mass is 10.3. The molecule has 0 amide bonds. The number of nitrogens with zero attached hydrogens (tertiary/aromatic N) is 3. The highest BCUT2D eigenvalue weighted by Crippen LogP contribution is 2.14. The molecule has 2 rings (SSSR count). The number of fused-ring (bicyclic) bond motifs is 1. The van der Waals surface area contributed by atoms with Gasteiger partial charge in [-0.15, -0.1) is 0 Å². The van der Waals surface area contributed by atoms with E-state index in [9.17, 15) is 0 Å². The summed E-state index contributed by atoms with van der Waals surface area (Å²) in [5.41, 5.74) is 2.04. The van der Waals surface area contributed by atoms with Crippen LogP contribution in [0.3, 0.4) is 0 Å². The maximum atomic E-state index is 4.45. The van der Waals surface area contributed by atoms with Crippen molar-refractivity contribution in [1.29, 1.82) is 0 Å². The fourth-order valence-corrected chi connectivity index (χ4v) is 1.30. The number of rotatable bonds is 1. The third-order valence-corrected chi connectivity index (χ3v) is 2.07. The van der Waals surface area contributed by atoms with Crippen molar-refractivity contribution in [2.24, 2.45) is 0 Å². The molecular weight excluding hydrogens is 162 g/mol. The first kappa shape index (κ1) is 8.23. The SMILES string of the molecule is Cc1cc2nn(C(C)C)cc2cn1. The zero-order chi connectivity index (χ0) is 9.42. The van der Waals surface area contributed by atoms with Gasteiger partial charge in [0.15, 0.2) is 0 Å². The van der Waals surface area contributed by atoms with Gasteiger partial charge in [-0.25, -0.2) is 0 Å². The molecule has 13 heavy (non-hydrogen) atoms. The van der Waals surface area contributed by atoms with Crippen molar-refractivity contribution < 1.29 is 0 Å². The lowest BCUT2D eigenvalue weighted by Crippen LogP contribution is -1.99. The summed E-state index contributed by atoms with van der Waals surface area (Å²) in [7, 11) is 0. The first-order valence-corrected chi connectivity index (χ1v) is 4.48. The van der Waals surface area contributed by atoms with Crippen LogP contribution >= 0.6 is 0 Å². The van der Waals surface area contributed by atoms with Crippen molar-refractivity contribution in [2.75, 3.05) is 0 Å². The normalized spacial score (nSPS) is 11.4. The van der Waals surface area contributed by atoms with E-state index >= 15 is 0 Å². The van der Waals surface area contributed by atoms with Gasteiger partial charge in [-0.1, -0.05) is 0 Å². The van der Waals surface area contributed by atoms with Gasteiger partial charge in [0.2, 0.25) is 0 Å². The molecule has 2 aromatic heterocycles. The number of aryl methyl sites for hydroxylation is 1. The summed E-state index contributed by atoms with van der Waals surface area (Å²) in [6, 6.07) is 2.42. The highest BCUT2D eigenvalue weighted by molar-refractivity contribution is 5.77. The molecule has 68 valence electrons. The summed E-state index contributed by atoms with van der Waals surface area (Å²) in [6.07, 6.45) is 3.91. The quantitative estimate of drug-likeness (QED) is 0.666. The molecule has 0 aliphatic heterocycles. The molecule has 0 spiro atoms. The van der Waals surface area contributed by atoms with Crippen molar-refractivity contribution in [2.45, 2.75) is 26.8 Å². The van der Waals surface area contributed by atoms with Gasteiger partial charge >= 0.3 is 0 Å². The Morgan fingerprint density at radius 1 is 1.38 bits per heavy atom. The van der Waals surface area contributed by atoms with E-state index in [0.717, 1.165) is 16.6 Å². The second-order valence-electron chi connectivity index (χ2n) is 3.59. The fraction of sp³-hybridized carbons (Fsp3) is 0.400. The van der Waals surface area contributed by atoms with Crippen LogP contribution < -0.4 is 0 Å². The lowest BCUT2D eigenvalue weighted by Gasteiger charge is -2.02. The summed E-state index contributed by atoms with van der Waals surface area (Å²) in [5, 5.41) is 5.56. The second-order valence-corrected chi connectivity index (χ2v) is 3.59. The molecule has 0 fully saturated rings. The molecule has 0 N–H and O–H groups in total. The van der Waals surface area contributed by atoms with Crippen molar-refractivity contribution in [3.8, 4) is 0 Å². The molecule has 2 heterocycles. The van der Waals surface area contributed by atoms with Gasteiger partial charge in [0.1, 0.15) is 0 Å². The Bertz CT molecular complexity index is 429. The number of aromatic nitrogens is 3. The summed E-state index contributed by atoms with van der Waals surface area (Å²) in [5.74, 6) is 0. The number of pyridine rings is 1. The maximum Gasteiger partial charge on any atom is 0.0956 e. The van der Waals surface area contributed by atoms with E-state index in [-0.39, 0.29) is 0 Å². The molecule has 3 heteroatoms. The first-order chi connectivity index (χ1) is 6.16. The fourth-order valence-electron chi connectivity index (χ4n) is 1.30. The van der Waals surface area contributed by atoms with Crippen LogP contribution in [0.15, 0.2) is 18.5 Å². The molecule has 3 nitrogen and oxygen atoms in total. The highest BCUT2D eigenvalue weighted by Gasteiger charge is 2.03. The first-order valence-electron chi connectivity index (χ1n) is 4.48. The van der Waals surface area contributed by atoms with Crippen LogP contribution in [0.25, 0.3) is 10.9 Å². The molecule has 0 saturated heterocycles. The molecule has 2 aromatic rings. The van der Waals surface area contributed by atoms with Crippen LogP contribution in [0, 0.1) is 6.92 Å². The van der Waals surface area contributed by atoms with Gasteiger partial charge in [0.25, 0.3) is 0 Å². The second kappa shape index (κ2) is 2.83. The molecule has 0 unspecified atom stereocenters. The van der Waals surface area contributed by atoms with Gasteiger partial charge < -0.3 is 0 Å². The Hall–Kier alpha value is -1.38. The van der Waals surface area contributed by atoms with Crippen LogP contribution in [0.2, 0.25) is 0 Å². The smallest absolute Gasteiger partial charge is 0.0956 e. The third kappa shape index (κ3) is 1.41. The molecule has 0 aliphatic carbocycles. The molecule has 0 bridgehead atoms. The van der Waals surface area contributed by atoms with E-state index in [0.29, 0.717) is 6.04 Å². The predicted octanol–water partition coefficient (Wildman–Crippen LogP) is 2.32. The van der Waals surface area contributed by atoms with E-state index in [4.69, 9.17) is 0 Å². The van der Waals surface area contributed by atoms with Gasteiger partial charge in [-0.2, -0.15) is 5.10 Å². The molecule has 0 atom stereocenters. The highest BCUT2D eigenvalue weighted by atomic mass is 15.3. The van der Waals surface area contributed by atoms with Crippen molar-refractivity contribution in [3.63, 3.8) is 0 Å². The minimum Gasteiger partial charge on any atom is -0.269 e. The standard InChI is InChI=1S/C10H13N3/c1-7(2)13-6-9-5-11-8(3)4-10(9)12-13/h4-7H,1-3H3. The van der Waals surface area contributed by atoms with Crippen LogP contribution in [0.4, 0.5) is 0 Å². The Morgan fingerprint density at radius 3 is 2.85 bits per heavy atom. The van der Waals surface area contributed by atoms with Crippen molar-refractivity contribution in [3.05, 3.63) is 24.2 Å². The summed E-state index contributed by atoms with van der Waals surface area (Å²) in [4.78, 5) is 4.23. The zero-order valence-electron chi connectivity index (χ0n) is 8.15. The predicted molar refractivity (Wildman–Crippen MR) is 52.7 cm³/mol. The minimum atomic E-state index is 0.410. The van der Waals surface area contributed by atoms with E-state index in [2.05, 4.69) is 23.9 Å². The average Bonchev–Trinajstić information content (AvgIpc) is 2.46. The van der Waals surface area contributed by atoms with Crippen molar-refractivity contribution >= 4 is 10.9 Å². The van der Waals surface area contributed by atoms with E-state index in [1.54, 1.807) is 0 Å². The van der Waals surface area contributed by atoms with Gasteiger partial charge in [0.05, 0.1) is 5.52 Å². The Balaban J connectivity index is 2.62. The lowest BCUT2D eigenvalue weighted by molar-refractivity contribution is 0.537. The van der Waals surface area contributed by atoms with Gasteiger partial charge in [0, 0.05) is 29.5 Å². The van der Waals surface area contributed by atoms with Crippen LogP contribution in [0.1, 0.15) is 25.6 Å². The number of hydrogen-bond acceptors (Lipinski definition) is 2. The molecular formula is C10H13N3. The third-order valence-electron chi connectivity index (χ3n) is 2.07. The Labute approximate surface area is 77.4 Å². The largest absolute Gasteiger partial charge is 0.269 e. The van der Waals surface area contributed by atoms with Crippen molar-refractivity contribution in [1.82, 2.24) is 14.8 Å². The summed E-state index contributed by atoms with van der Waals surface area (Å²) in [6.45, 7) is 6.21. The number of hydrogen-bond donors (Lipinski definition) is 0. The molecule has 0 saturated carbocycles. The van der Waals surface area contributed by atoms with Gasteiger partial charge in [-0.05, 0) is 26.8 Å². The monoisotopic (exact) mass is 175 g/mol. The zero-order valence-corrected chi connectivity index (χ0v) is 8.15.